The minimum atomic E-state index is -0.293. The van der Waals surface area contributed by atoms with Crippen LogP contribution in [-0.2, 0) is 15.9 Å². The zero-order chi connectivity index (χ0) is 12.1. The highest BCUT2D eigenvalue weighted by molar-refractivity contribution is 5.36. The monoisotopic (exact) mass is 238 g/mol. The van der Waals surface area contributed by atoms with Gasteiger partial charge in [-0.25, -0.2) is 0 Å². The highest BCUT2D eigenvalue weighted by Gasteiger charge is 2.21. The van der Waals surface area contributed by atoms with E-state index in [0.29, 0.717) is 13.2 Å². The minimum Gasteiger partial charge on any atom is -0.497 e. The zero-order valence-corrected chi connectivity index (χ0v) is 10.0. The quantitative estimate of drug-likeness (QED) is 0.847. The average Bonchev–Trinajstić information content (AvgIpc) is 2.90. The van der Waals surface area contributed by atoms with Gasteiger partial charge in [0.15, 0.2) is 6.29 Å². The number of aliphatic hydroxyl groups is 1. The number of methoxy groups -OCH3 is 1. The van der Waals surface area contributed by atoms with Crippen molar-refractivity contribution < 1.29 is 19.3 Å². The van der Waals surface area contributed by atoms with Gasteiger partial charge in [-0.05, 0) is 30.5 Å². The number of ether oxygens (including phenoxy) is 3. The number of aryl methyl sites for hydroxylation is 1. The van der Waals surface area contributed by atoms with Crippen LogP contribution in [0.3, 0.4) is 0 Å². The molecule has 1 aliphatic heterocycles. The molecule has 1 aliphatic rings. The summed E-state index contributed by atoms with van der Waals surface area (Å²) in [5.41, 5.74) is 2.15. The predicted molar refractivity (Wildman–Crippen MR) is 63.0 cm³/mol. The van der Waals surface area contributed by atoms with Gasteiger partial charge in [0.2, 0.25) is 0 Å². The summed E-state index contributed by atoms with van der Waals surface area (Å²) in [6.45, 7) is 1.44. The summed E-state index contributed by atoms with van der Waals surface area (Å²) in [6, 6.07) is 5.88. The van der Waals surface area contributed by atoms with Crippen molar-refractivity contribution in [2.45, 2.75) is 19.1 Å². The third-order valence-electron chi connectivity index (χ3n) is 2.83. The van der Waals surface area contributed by atoms with Gasteiger partial charge in [0.25, 0.3) is 0 Å². The Morgan fingerprint density at radius 3 is 2.76 bits per heavy atom. The third-order valence-corrected chi connectivity index (χ3v) is 2.83. The van der Waals surface area contributed by atoms with Crippen molar-refractivity contribution in [3.63, 3.8) is 0 Å². The molecule has 17 heavy (non-hydrogen) atoms. The number of aliphatic hydroxyl groups excluding tert-OH is 1. The number of hydrogen-bond donors (Lipinski definition) is 1. The molecule has 4 nitrogen and oxygen atoms in total. The van der Waals surface area contributed by atoms with Crippen LogP contribution in [0, 0.1) is 0 Å². The van der Waals surface area contributed by atoms with Crippen LogP contribution < -0.4 is 4.74 Å². The third kappa shape index (κ3) is 2.97. The Kier molecular flexibility index (Phi) is 4.36. The van der Waals surface area contributed by atoms with E-state index < -0.39 is 0 Å². The summed E-state index contributed by atoms with van der Waals surface area (Å²) in [6.07, 6.45) is 1.27. The maximum Gasteiger partial charge on any atom is 0.184 e. The van der Waals surface area contributed by atoms with Gasteiger partial charge in [-0.15, -0.1) is 0 Å². The van der Waals surface area contributed by atoms with Gasteiger partial charge < -0.3 is 19.3 Å². The minimum absolute atomic E-state index is 0.192. The molecule has 2 rings (SSSR count). The van der Waals surface area contributed by atoms with Crippen molar-refractivity contribution in [2.75, 3.05) is 26.9 Å². The van der Waals surface area contributed by atoms with Crippen LogP contribution in [0.5, 0.6) is 5.75 Å². The first-order valence-corrected chi connectivity index (χ1v) is 5.86. The summed E-state index contributed by atoms with van der Waals surface area (Å²) in [5, 5.41) is 8.90. The zero-order valence-electron chi connectivity index (χ0n) is 10.0. The van der Waals surface area contributed by atoms with E-state index in [4.69, 9.17) is 19.3 Å². The van der Waals surface area contributed by atoms with Crippen LogP contribution in [0.2, 0.25) is 0 Å². The molecular weight excluding hydrogens is 220 g/mol. The maximum absolute atomic E-state index is 8.90. The second-order valence-corrected chi connectivity index (χ2v) is 3.97. The summed E-state index contributed by atoms with van der Waals surface area (Å²) >= 11 is 0. The molecular formula is C13H18O4. The molecule has 94 valence electrons. The van der Waals surface area contributed by atoms with E-state index in [0.717, 1.165) is 29.7 Å². The molecule has 0 unspecified atom stereocenters. The number of benzene rings is 1. The lowest BCUT2D eigenvalue weighted by atomic mass is 10.0. The number of rotatable bonds is 5. The van der Waals surface area contributed by atoms with Crippen molar-refractivity contribution in [1.29, 1.82) is 0 Å². The Labute approximate surface area is 101 Å². The number of hydrogen-bond acceptors (Lipinski definition) is 4. The average molecular weight is 238 g/mol. The second kappa shape index (κ2) is 6.00. The van der Waals surface area contributed by atoms with Gasteiger partial charge in [-0.3, -0.25) is 0 Å². The van der Waals surface area contributed by atoms with E-state index in [1.54, 1.807) is 7.11 Å². The van der Waals surface area contributed by atoms with Gasteiger partial charge in [0.05, 0.1) is 20.3 Å². The van der Waals surface area contributed by atoms with Crippen LogP contribution >= 0.6 is 0 Å². The molecule has 1 fully saturated rings. The fraction of sp³-hybridized carbons (Fsp3) is 0.538. The van der Waals surface area contributed by atoms with E-state index >= 15 is 0 Å². The molecule has 0 aromatic heterocycles. The Hall–Kier alpha value is -1.10. The predicted octanol–water partition coefficient (Wildman–Crippen LogP) is 1.67. The van der Waals surface area contributed by atoms with Crippen LogP contribution in [0.15, 0.2) is 18.2 Å². The molecule has 0 aliphatic carbocycles. The van der Waals surface area contributed by atoms with Crippen molar-refractivity contribution in [1.82, 2.24) is 0 Å². The lowest BCUT2D eigenvalue weighted by Crippen LogP contribution is -2.04. The van der Waals surface area contributed by atoms with Crippen LogP contribution in [0.4, 0.5) is 0 Å². The summed E-state index contributed by atoms with van der Waals surface area (Å²) in [4.78, 5) is 0. The first-order valence-electron chi connectivity index (χ1n) is 5.86. The van der Waals surface area contributed by atoms with Gasteiger partial charge in [-0.1, -0.05) is 6.07 Å². The van der Waals surface area contributed by atoms with E-state index in [1.165, 1.54) is 0 Å². The molecule has 0 amide bonds. The molecule has 0 saturated carbocycles. The Balaban J connectivity index is 2.22. The molecule has 1 N–H and O–H groups in total. The van der Waals surface area contributed by atoms with Crippen molar-refractivity contribution in [3.05, 3.63) is 29.3 Å². The molecule has 1 aromatic rings. The first-order chi connectivity index (χ1) is 8.35. The van der Waals surface area contributed by atoms with Gasteiger partial charge >= 0.3 is 0 Å². The lowest BCUT2D eigenvalue weighted by Gasteiger charge is -2.15. The van der Waals surface area contributed by atoms with Crippen LogP contribution in [-0.4, -0.2) is 32.0 Å². The van der Waals surface area contributed by atoms with E-state index in [2.05, 4.69) is 0 Å². The van der Waals surface area contributed by atoms with Crippen molar-refractivity contribution in [3.8, 4) is 5.75 Å². The molecule has 0 bridgehead atoms. The summed E-state index contributed by atoms with van der Waals surface area (Å²) < 4.78 is 16.3. The Morgan fingerprint density at radius 2 is 2.12 bits per heavy atom. The Bertz CT molecular complexity index is 358. The van der Waals surface area contributed by atoms with E-state index in [-0.39, 0.29) is 12.9 Å². The fourth-order valence-electron chi connectivity index (χ4n) is 1.95. The molecule has 0 spiro atoms. The molecule has 1 heterocycles. The van der Waals surface area contributed by atoms with E-state index in [1.807, 2.05) is 18.2 Å². The van der Waals surface area contributed by atoms with Crippen molar-refractivity contribution in [2.24, 2.45) is 0 Å². The summed E-state index contributed by atoms with van der Waals surface area (Å²) in [5.74, 6) is 0.798. The largest absolute Gasteiger partial charge is 0.497 e. The normalized spacial score (nSPS) is 16.4. The summed E-state index contributed by atoms with van der Waals surface area (Å²) in [7, 11) is 1.64. The molecule has 0 radical (unpaired) electrons. The van der Waals surface area contributed by atoms with Gasteiger partial charge in [0.1, 0.15) is 5.75 Å². The fourth-order valence-corrected chi connectivity index (χ4v) is 1.95. The second-order valence-electron chi connectivity index (χ2n) is 3.97. The van der Waals surface area contributed by atoms with Crippen LogP contribution in [0.25, 0.3) is 0 Å². The standard InChI is InChI=1S/C13H18O4/c1-15-11-5-4-10(3-2-6-14)12(9-11)13-16-7-8-17-13/h4-5,9,13-14H,2-3,6-8H2,1H3. The van der Waals surface area contributed by atoms with Gasteiger partial charge in [-0.2, -0.15) is 0 Å². The Morgan fingerprint density at radius 1 is 1.35 bits per heavy atom. The highest BCUT2D eigenvalue weighted by atomic mass is 16.7. The SMILES string of the molecule is COc1ccc(CCCO)c(C2OCCO2)c1. The topological polar surface area (TPSA) is 47.9 Å². The molecule has 4 heteroatoms. The molecule has 0 atom stereocenters. The maximum atomic E-state index is 8.90. The highest BCUT2D eigenvalue weighted by Crippen LogP contribution is 2.30. The van der Waals surface area contributed by atoms with Crippen molar-refractivity contribution >= 4 is 0 Å². The molecule has 1 aromatic carbocycles. The van der Waals surface area contributed by atoms with E-state index in [9.17, 15) is 0 Å². The van der Waals surface area contributed by atoms with Crippen LogP contribution in [0.1, 0.15) is 23.8 Å². The van der Waals surface area contributed by atoms with Gasteiger partial charge in [0, 0.05) is 12.2 Å². The first kappa shape index (κ1) is 12.4. The smallest absolute Gasteiger partial charge is 0.184 e. The molecule has 1 saturated heterocycles. The lowest BCUT2D eigenvalue weighted by molar-refractivity contribution is -0.0448.